The highest BCUT2D eigenvalue weighted by Gasteiger charge is 2.34. The Labute approximate surface area is 120 Å². The maximum Gasteiger partial charge on any atom is 0.323 e. The van der Waals surface area contributed by atoms with Gasteiger partial charge in [-0.1, -0.05) is 6.42 Å². The summed E-state index contributed by atoms with van der Waals surface area (Å²) in [6.07, 6.45) is 5.59. The van der Waals surface area contributed by atoms with Crippen molar-refractivity contribution in [1.29, 1.82) is 0 Å². The van der Waals surface area contributed by atoms with E-state index in [9.17, 15) is 9.59 Å². The molecule has 1 atom stereocenters. The minimum absolute atomic E-state index is 0.122. The number of rotatable bonds is 6. The van der Waals surface area contributed by atoms with E-state index in [0.29, 0.717) is 12.6 Å². The Kier molecular flexibility index (Phi) is 5.23. The molecule has 0 aromatic heterocycles. The van der Waals surface area contributed by atoms with Crippen molar-refractivity contribution in [3.8, 4) is 0 Å². The summed E-state index contributed by atoms with van der Waals surface area (Å²) >= 11 is 0. The lowest BCUT2D eigenvalue weighted by Gasteiger charge is -2.33. The topological polar surface area (TPSA) is 72.9 Å². The van der Waals surface area contributed by atoms with E-state index in [1.165, 1.54) is 24.2 Å². The first-order valence-corrected chi connectivity index (χ1v) is 7.58. The van der Waals surface area contributed by atoms with Crippen molar-refractivity contribution in [3.05, 3.63) is 0 Å². The average Bonchev–Trinajstić information content (AvgIpc) is 3.27. The number of nitrogens with one attached hydrogen (secondary N) is 1. The largest absolute Gasteiger partial charge is 0.480 e. The number of amides is 2. The number of piperidine rings is 1. The summed E-state index contributed by atoms with van der Waals surface area (Å²) in [5, 5.41) is 11.7. The third kappa shape index (κ3) is 4.37. The average molecular weight is 283 g/mol. The Morgan fingerprint density at radius 1 is 1.30 bits per heavy atom. The number of aliphatic carboxylic acids is 1. The molecule has 1 aliphatic carbocycles. The van der Waals surface area contributed by atoms with E-state index < -0.39 is 5.97 Å². The smallest absolute Gasteiger partial charge is 0.323 e. The molecule has 2 aliphatic rings. The minimum atomic E-state index is -0.948. The van der Waals surface area contributed by atoms with Crippen LogP contribution in [0.4, 0.5) is 4.79 Å². The second-order valence-electron chi connectivity index (χ2n) is 5.88. The number of likely N-dealkylation sites (tertiary alicyclic amines) is 1. The molecule has 20 heavy (non-hydrogen) atoms. The van der Waals surface area contributed by atoms with Gasteiger partial charge in [0.05, 0.1) is 0 Å². The molecule has 2 fully saturated rings. The van der Waals surface area contributed by atoms with E-state index in [1.54, 1.807) is 0 Å². The quantitative estimate of drug-likeness (QED) is 0.766. The van der Waals surface area contributed by atoms with Crippen LogP contribution < -0.4 is 5.32 Å². The van der Waals surface area contributed by atoms with Crippen LogP contribution in [0.1, 0.15) is 39.0 Å². The molecule has 114 valence electrons. The molecular formula is C14H25N3O3. The van der Waals surface area contributed by atoms with Crippen molar-refractivity contribution in [2.75, 3.05) is 26.2 Å². The lowest BCUT2D eigenvalue weighted by atomic mass is 10.1. The van der Waals surface area contributed by atoms with Crippen LogP contribution in [0.15, 0.2) is 0 Å². The highest BCUT2D eigenvalue weighted by atomic mass is 16.4. The standard InChI is InChI=1S/C14H25N3O3/c1-11(16-7-3-2-4-8-16)9-15-14(20)17(10-13(18)19)12-5-6-12/h11-12H,2-10H2,1H3,(H,15,20)(H,18,19). The summed E-state index contributed by atoms with van der Waals surface area (Å²) in [5.74, 6) is -0.948. The summed E-state index contributed by atoms with van der Waals surface area (Å²) < 4.78 is 0. The zero-order chi connectivity index (χ0) is 14.5. The molecule has 0 spiro atoms. The summed E-state index contributed by atoms with van der Waals surface area (Å²) in [4.78, 5) is 26.7. The maximum atomic E-state index is 12.1. The number of hydrogen-bond acceptors (Lipinski definition) is 3. The molecule has 1 saturated heterocycles. The SMILES string of the molecule is CC(CNC(=O)N(CC(=O)O)C1CC1)N1CCCCC1. The van der Waals surface area contributed by atoms with Gasteiger partial charge in [-0.15, -0.1) is 0 Å². The number of carboxylic acid groups (broad SMARTS) is 1. The first-order chi connectivity index (χ1) is 9.58. The van der Waals surface area contributed by atoms with Gasteiger partial charge >= 0.3 is 12.0 Å². The van der Waals surface area contributed by atoms with Gasteiger partial charge in [-0.2, -0.15) is 0 Å². The zero-order valence-electron chi connectivity index (χ0n) is 12.2. The number of carboxylic acids is 1. The van der Waals surface area contributed by atoms with Crippen molar-refractivity contribution in [2.24, 2.45) is 0 Å². The van der Waals surface area contributed by atoms with E-state index in [-0.39, 0.29) is 18.6 Å². The van der Waals surface area contributed by atoms with Crippen LogP contribution in [0.3, 0.4) is 0 Å². The summed E-state index contributed by atoms with van der Waals surface area (Å²) in [6, 6.07) is 0.195. The number of carbonyl (C=O) groups is 2. The van der Waals surface area contributed by atoms with Crippen LogP contribution in [-0.4, -0.2) is 65.2 Å². The van der Waals surface area contributed by atoms with E-state index in [2.05, 4.69) is 17.1 Å². The summed E-state index contributed by atoms with van der Waals surface area (Å²) in [6.45, 7) is 4.69. The predicted molar refractivity (Wildman–Crippen MR) is 75.6 cm³/mol. The van der Waals surface area contributed by atoms with Gasteiger partial charge in [0.15, 0.2) is 0 Å². The molecule has 1 unspecified atom stereocenters. The Bertz CT molecular complexity index is 352. The second-order valence-corrected chi connectivity index (χ2v) is 5.88. The van der Waals surface area contributed by atoms with Gasteiger partial charge in [0.2, 0.25) is 0 Å². The van der Waals surface area contributed by atoms with Gasteiger partial charge in [-0.25, -0.2) is 4.79 Å². The normalized spacial score (nSPS) is 21.2. The highest BCUT2D eigenvalue weighted by molar-refractivity contribution is 5.80. The van der Waals surface area contributed by atoms with Gasteiger partial charge in [0.1, 0.15) is 6.54 Å². The molecule has 0 aromatic rings. The zero-order valence-corrected chi connectivity index (χ0v) is 12.2. The molecule has 6 heteroatoms. The van der Waals surface area contributed by atoms with Crippen LogP contribution in [0.25, 0.3) is 0 Å². The first kappa shape index (κ1) is 15.1. The van der Waals surface area contributed by atoms with Gasteiger partial charge in [-0.05, 0) is 45.7 Å². The van der Waals surface area contributed by atoms with Crippen molar-refractivity contribution < 1.29 is 14.7 Å². The molecule has 0 radical (unpaired) electrons. The van der Waals surface area contributed by atoms with E-state index in [4.69, 9.17) is 5.11 Å². The Hall–Kier alpha value is -1.30. The van der Waals surface area contributed by atoms with Crippen LogP contribution in [0.2, 0.25) is 0 Å². The van der Waals surface area contributed by atoms with Crippen LogP contribution in [-0.2, 0) is 4.79 Å². The van der Waals surface area contributed by atoms with Gasteiger partial charge < -0.3 is 15.3 Å². The van der Waals surface area contributed by atoms with E-state index in [1.807, 2.05) is 0 Å². The molecule has 2 amide bonds. The lowest BCUT2D eigenvalue weighted by molar-refractivity contribution is -0.137. The molecule has 2 rings (SSSR count). The molecule has 6 nitrogen and oxygen atoms in total. The molecule has 1 heterocycles. The highest BCUT2D eigenvalue weighted by Crippen LogP contribution is 2.26. The Balaban J connectivity index is 1.76. The Morgan fingerprint density at radius 3 is 2.50 bits per heavy atom. The van der Waals surface area contributed by atoms with Crippen LogP contribution >= 0.6 is 0 Å². The Morgan fingerprint density at radius 2 is 1.95 bits per heavy atom. The van der Waals surface area contributed by atoms with E-state index in [0.717, 1.165) is 25.9 Å². The summed E-state index contributed by atoms with van der Waals surface area (Å²) in [5.41, 5.74) is 0. The monoisotopic (exact) mass is 283 g/mol. The van der Waals surface area contributed by atoms with Gasteiger partial charge in [0.25, 0.3) is 0 Å². The van der Waals surface area contributed by atoms with Crippen LogP contribution in [0.5, 0.6) is 0 Å². The third-order valence-electron chi connectivity index (χ3n) is 4.12. The minimum Gasteiger partial charge on any atom is -0.480 e. The number of hydrogen-bond donors (Lipinski definition) is 2. The third-order valence-corrected chi connectivity index (χ3v) is 4.12. The molecular weight excluding hydrogens is 258 g/mol. The molecule has 0 aromatic carbocycles. The van der Waals surface area contributed by atoms with Crippen LogP contribution in [0, 0.1) is 0 Å². The fraction of sp³-hybridized carbons (Fsp3) is 0.857. The maximum absolute atomic E-state index is 12.1. The number of carbonyl (C=O) groups excluding carboxylic acids is 1. The molecule has 2 N–H and O–H groups in total. The first-order valence-electron chi connectivity index (χ1n) is 7.58. The second kappa shape index (κ2) is 6.92. The number of nitrogens with zero attached hydrogens (tertiary/aromatic N) is 2. The molecule has 1 saturated carbocycles. The fourth-order valence-electron chi connectivity index (χ4n) is 2.72. The molecule has 0 bridgehead atoms. The van der Waals surface area contributed by atoms with Crippen molar-refractivity contribution >= 4 is 12.0 Å². The number of urea groups is 1. The molecule has 1 aliphatic heterocycles. The van der Waals surface area contributed by atoms with Gasteiger partial charge in [-0.3, -0.25) is 9.69 Å². The van der Waals surface area contributed by atoms with E-state index >= 15 is 0 Å². The van der Waals surface area contributed by atoms with Crippen molar-refractivity contribution in [3.63, 3.8) is 0 Å². The van der Waals surface area contributed by atoms with Crippen molar-refractivity contribution in [1.82, 2.24) is 15.1 Å². The fourth-order valence-corrected chi connectivity index (χ4v) is 2.72. The predicted octanol–water partition coefficient (Wildman–Crippen LogP) is 1.12. The lowest BCUT2D eigenvalue weighted by Crippen LogP contribution is -2.49. The summed E-state index contributed by atoms with van der Waals surface area (Å²) in [7, 11) is 0. The van der Waals surface area contributed by atoms with Crippen molar-refractivity contribution in [2.45, 2.75) is 51.1 Å². The van der Waals surface area contributed by atoms with Gasteiger partial charge in [0, 0.05) is 18.6 Å².